The molecule has 2 N–H and O–H groups in total. The van der Waals surface area contributed by atoms with Crippen molar-refractivity contribution in [1.29, 1.82) is 0 Å². The van der Waals surface area contributed by atoms with E-state index >= 15 is 0 Å². The zero-order valence-electron chi connectivity index (χ0n) is 13.7. The number of hydrogen-bond acceptors (Lipinski definition) is 3. The predicted molar refractivity (Wildman–Crippen MR) is 93.4 cm³/mol. The molecule has 3 nitrogen and oxygen atoms in total. The van der Waals surface area contributed by atoms with Crippen LogP contribution < -0.4 is 5.32 Å². The van der Waals surface area contributed by atoms with Gasteiger partial charge >= 0.3 is 0 Å². The fraction of sp³-hybridized carbons (Fsp3) is 0.500. The highest BCUT2D eigenvalue weighted by Gasteiger charge is 2.29. The van der Waals surface area contributed by atoms with E-state index in [1.54, 1.807) is 0 Å². The minimum absolute atomic E-state index is 0.516. The Bertz CT molecular complexity index is 641. The van der Waals surface area contributed by atoms with Crippen LogP contribution in [0.25, 0.3) is 0 Å². The molecule has 2 aliphatic heterocycles. The van der Waals surface area contributed by atoms with Gasteiger partial charge in [0.1, 0.15) is 0 Å². The van der Waals surface area contributed by atoms with Gasteiger partial charge in [0.2, 0.25) is 0 Å². The third-order valence-electron chi connectivity index (χ3n) is 5.54. The Morgan fingerprint density at radius 1 is 1.09 bits per heavy atom. The highest BCUT2D eigenvalue weighted by atomic mass is 16.3. The standard InChI is InChI=1S/C20H26N2O/c23-20(8-10-21-11-9-20)15-16-4-5-17-6-12-22(19-2-1-3-19)13-7-18(17)14-16/h1-5,14,21,23H,6-13,15H2. The van der Waals surface area contributed by atoms with Crippen molar-refractivity contribution in [2.45, 2.75) is 37.7 Å². The van der Waals surface area contributed by atoms with Crippen LogP contribution in [0.15, 0.2) is 42.1 Å². The zero-order valence-corrected chi connectivity index (χ0v) is 13.7. The van der Waals surface area contributed by atoms with Crippen LogP contribution in [0.4, 0.5) is 0 Å². The van der Waals surface area contributed by atoms with Crippen molar-refractivity contribution in [3.05, 3.63) is 58.8 Å². The Morgan fingerprint density at radius 3 is 2.52 bits per heavy atom. The highest BCUT2D eigenvalue weighted by molar-refractivity contribution is 5.37. The Kier molecular flexibility index (Phi) is 4.00. The van der Waals surface area contributed by atoms with E-state index in [0.29, 0.717) is 0 Å². The van der Waals surface area contributed by atoms with E-state index in [-0.39, 0.29) is 0 Å². The van der Waals surface area contributed by atoms with Crippen LogP contribution in [0.1, 0.15) is 29.5 Å². The van der Waals surface area contributed by atoms with Crippen molar-refractivity contribution < 1.29 is 5.11 Å². The van der Waals surface area contributed by atoms with Crippen LogP contribution in [0.3, 0.4) is 0 Å². The normalized spacial score (nSPS) is 22.8. The molecule has 0 unspecified atom stereocenters. The number of allylic oxidation sites excluding steroid dienone is 3. The van der Waals surface area contributed by atoms with Crippen molar-refractivity contribution in [3.8, 4) is 0 Å². The molecule has 1 aromatic rings. The van der Waals surface area contributed by atoms with Crippen LogP contribution in [-0.4, -0.2) is 41.8 Å². The molecule has 1 saturated heterocycles. The summed E-state index contributed by atoms with van der Waals surface area (Å²) in [6.45, 7) is 4.07. The van der Waals surface area contributed by atoms with E-state index in [4.69, 9.17) is 0 Å². The molecule has 23 heavy (non-hydrogen) atoms. The van der Waals surface area contributed by atoms with Crippen LogP contribution in [0.5, 0.6) is 0 Å². The molecular formula is C20H26N2O. The molecule has 0 radical (unpaired) electrons. The van der Waals surface area contributed by atoms with Crippen molar-refractivity contribution >= 4 is 0 Å². The van der Waals surface area contributed by atoms with E-state index in [1.165, 1.54) is 22.4 Å². The van der Waals surface area contributed by atoms with E-state index < -0.39 is 5.60 Å². The maximum Gasteiger partial charge on any atom is 0.0712 e. The molecule has 0 aromatic heterocycles. The monoisotopic (exact) mass is 310 g/mol. The summed E-state index contributed by atoms with van der Waals surface area (Å²) in [7, 11) is 0. The number of benzene rings is 1. The fourth-order valence-corrected chi connectivity index (χ4v) is 3.99. The maximum atomic E-state index is 10.8. The summed E-state index contributed by atoms with van der Waals surface area (Å²) < 4.78 is 0. The first-order chi connectivity index (χ1) is 11.2. The lowest BCUT2D eigenvalue weighted by Gasteiger charge is -2.32. The lowest BCUT2D eigenvalue weighted by molar-refractivity contribution is 0.0108. The van der Waals surface area contributed by atoms with E-state index in [9.17, 15) is 5.11 Å². The average Bonchev–Trinajstić information content (AvgIpc) is 2.69. The fourth-order valence-electron chi connectivity index (χ4n) is 3.99. The SMILES string of the molecule is OC1(Cc2ccc3c(c2)CCN(C2=CC=C2)CC3)CCNCC1. The van der Waals surface area contributed by atoms with Gasteiger partial charge in [-0.1, -0.05) is 24.3 Å². The third kappa shape index (κ3) is 3.22. The van der Waals surface area contributed by atoms with Gasteiger partial charge in [-0.3, -0.25) is 0 Å². The Morgan fingerprint density at radius 2 is 1.83 bits per heavy atom. The summed E-state index contributed by atoms with van der Waals surface area (Å²) in [6.07, 6.45) is 11.3. The van der Waals surface area contributed by atoms with Crippen LogP contribution in [0.2, 0.25) is 0 Å². The Hall–Kier alpha value is -1.58. The molecule has 1 fully saturated rings. The van der Waals surface area contributed by atoms with Crippen molar-refractivity contribution in [2.75, 3.05) is 26.2 Å². The minimum Gasteiger partial charge on any atom is -0.389 e. The lowest BCUT2D eigenvalue weighted by atomic mass is 9.85. The average molecular weight is 310 g/mol. The van der Waals surface area contributed by atoms with Crippen LogP contribution in [0, 0.1) is 0 Å². The number of hydrogen-bond donors (Lipinski definition) is 2. The minimum atomic E-state index is -0.516. The molecule has 0 atom stereocenters. The molecule has 4 rings (SSSR count). The zero-order chi connectivity index (χ0) is 15.7. The number of nitrogens with zero attached hydrogens (tertiary/aromatic N) is 1. The summed E-state index contributed by atoms with van der Waals surface area (Å²) in [4.78, 5) is 2.49. The number of piperidine rings is 1. The molecule has 3 aliphatic rings. The Balaban J connectivity index is 1.47. The topological polar surface area (TPSA) is 35.5 Å². The molecule has 0 spiro atoms. The summed E-state index contributed by atoms with van der Waals surface area (Å²) in [5.74, 6) is 0. The van der Waals surface area contributed by atoms with Gasteiger partial charge in [0.25, 0.3) is 0 Å². The molecule has 3 heteroatoms. The molecule has 1 aromatic carbocycles. The smallest absolute Gasteiger partial charge is 0.0712 e. The van der Waals surface area contributed by atoms with Crippen LogP contribution >= 0.6 is 0 Å². The first kappa shape index (κ1) is 15.0. The molecular weight excluding hydrogens is 284 g/mol. The molecule has 0 amide bonds. The number of nitrogens with one attached hydrogen (secondary N) is 1. The third-order valence-corrected chi connectivity index (χ3v) is 5.54. The first-order valence-corrected chi connectivity index (χ1v) is 8.89. The Labute approximate surface area is 138 Å². The number of fused-ring (bicyclic) bond motifs is 1. The summed E-state index contributed by atoms with van der Waals surface area (Å²) >= 11 is 0. The lowest BCUT2D eigenvalue weighted by Crippen LogP contribution is -2.43. The molecule has 2 heterocycles. The van der Waals surface area contributed by atoms with Gasteiger partial charge in [-0.25, -0.2) is 0 Å². The quantitative estimate of drug-likeness (QED) is 0.898. The van der Waals surface area contributed by atoms with Gasteiger partial charge in [-0.2, -0.15) is 0 Å². The van der Waals surface area contributed by atoms with Gasteiger partial charge in [-0.15, -0.1) is 0 Å². The van der Waals surface area contributed by atoms with Gasteiger partial charge < -0.3 is 15.3 Å². The maximum absolute atomic E-state index is 10.8. The second kappa shape index (κ2) is 6.14. The van der Waals surface area contributed by atoms with E-state index in [0.717, 1.165) is 58.3 Å². The van der Waals surface area contributed by atoms with Crippen LogP contribution in [-0.2, 0) is 19.3 Å². The number of aliphatic hydroxyl groups is 1. The summed E-state index contributed by atoms with van der Waals surface area (Å²) in [5.41, 5.74) is 5.12. The summed E-state index contributed by atoms with van der Waals surface area (Å²) in [6, 6.07) is 6.88. The largest absolute Gasteiger partial charge is 0.389 e. The molecule has 122 valence electrons. The van der Waals surface area contributed by atoms with Gasteiger partial charge in [0.05, 0.1) is 5.60 Å². The van der Waals surface area contributed by atoms with Gasteiger partial charge in [0, 0.05) is 25.2 Å². The van der Waals surface area contributed by atoms with E-state index in [2.05, 4.69) is 46.6 Å². The molecule has 0 saturated carbocycles. The second-order valence-corrected chi connectivity index (χ2v) is 7.19. The van der Waals surface area contributed by atoms with E-state index in [1.807, 2.05) is 0 Å². The first-order valence-electron chi connectivity index (χ1n) is 8.89. The number of rotatable bonds is 3. The highest BCUT2D eigenvalue weighted by Crippen LogP contribution is 2.27. The second-order valence-electron chi connectivity index (χ2n) is 7.19. The van der Waals surface area contributed by atoms with Gasteiger partial charge in [0.15, 0.2) is 0 Å². The molecule has 1 aliphatic carbocycles. The van der Waals surface area contributed by atoms with Crippen molar-refractivity contribution in [1.82, 2.24) is 10.2 Å². The van der Waals surface area contributed by atoms with Crippen molar-refractivity contribution in [3.63, 3.8) is 0 Å². The molecule has 0 bridgehead atoms. The predicted octanol–water partition coefficient (Wildman–Crippen LogP) is 2.20. The summed E-state index contributed by atoms with van der Waals surface area (Å²) in [5, 5.41) is 14.1. The van der Waals surface area contributed by atoms with Gasteiger partial charge in [-0.05, 0) is 67.6 Å². The van der Waals surface area contributed by atoms with Crippen molar-refractivity contribution in [2.24, 2.45) is 0 Å².